The highest BCUT2D eigenvalue weighted by molar-refractivity contribution is 7.09. The van der Waals surface area contributed by atoms with Crippen LogP contribution in [0.15, 0.2) is 66.0 Å². The van der Waals surface area contributed by atoms with E-state index < -0.39 is 11.9 Å². The molecule has 0 saturated carbocycles. The number of halogens is 2. The molecule has 184 valence electrons. The van der Waals surface area contributed by atoms with E-state index in [2.05, 4.69) is 10.2 Å². The molecule has 9 heteroatoms. The van der Waals surface area contributed by atoms with E-state index in [0.29, 0.717) is 44.7 Å². The number of carbonyl (C=O) groups excluding carboxylic acids is 2. The molecule has 2 atom stereocenters. The first-order chi connectivity index (χ1) is 16.9. The fourth-order valence-electron chi connectivity index (χ4n) is 4.36. The van der Waals surface area contributed by atoms with Gasteiger partial charge in [-0.3, -0.25) is 14.5 Å². The fraction of sp³-hybridized carbons (Fsp3) is 0.308. The van der Waals surface area contributed by atoms with Gasteiger partial charge >= 0.3 is 0 Å². The summed E-state index contributed by atoms with van der Waals surface area (Å²) < 4.78 is 26.9. The standard InChI is InChI=1S/C26H28F2N4O2S/c27-20-7-3-18(4-8-20)15-31(17-23-2-1-13-35-23)22-14-24(25(33)30-12-11-29)32(16-22)26(34)19-5-9-21(28)10-6-19/h1-10,13,22,24H,11-12,14-17,29H2,(H,30,33). The Hall–Kier alpha value is -3.14. The second kappa shape index (κ2) is 11.5. The van der Waals surface area contributed by atoms with Gasteiger partial charge in [-0.1, -0.05) is 18.2 Å². The van der Waals surface area contributed by atoms with Crippen molar-refractivity contribution >= 4 is 23.2 Å². The lowest BCUT2D eigenvalue weighted by atomic mass is 10.1. The number of nitrogens with two attached hydrogens (primary N) is 1. The lowest BCUT2D eigenvalue weighted by Crippen LogP contribution is -2.47. The molecule has 1 aromatic heterocycles. The van der Waals surface area contributed by atoms with Crippen LogP contribution in [-0.4, -0.2) is 53.3 Å². The first-order valence-corrected chi connectivity index (χ1v) is 12.4. The molecule has 35 heavy (non-hydrogen) atoms. The number of rotatable bonds is 9. The lowest BCUT2D eigenvalue weighted by molar-refractivity contribution is -0.124. The summed E-state index contributed by atoms with van der Waals surface area (Å²) >= 11 is 1.64. The predicted octanol–water partition coefficient (Wildman–Crippen LogP) is 3.39. The topological polar surface area (TPSA) is 78.7 Å². The molecule has 3 aromatic rings. The Bertz CT molecular complexity index is 1120. The summed E-state index contributed by atoms with van der Waals surface area (Å²) in [4.78, 5) is 31.3. The third-order valence-electron chi connectivity index (χ3n) is 6.13. The van der Waals surface area contributed by atoms with E-state index >= 15 is 0 Å². The van der Waals surface area contributed by atoms with Gasteiger partial charge in [-0.2, -0.15) is 0 Å². The van der Waals surface area contributed by atoms with E-state index in [0.717, 1.165) is 10.4 Å². The zero-order valence-corrected chi connectivity index (χ0v) is 20.0. The lowest BCUT2D eigenvalue weighted by Gasteiger charge is -2.28. The number of amides is 2. The smallest absolute Gasteiger partial charge is 0.254 e. The van der Waals surface area contributed by atoms with Crippen LogP contribution in [0.1, 0.15) is 27.2 Å². The van der Waals surface area contributed by atoms with Crippen LogP contribution in [-0.2, 0) is 17.9 Å². The van der Waals surface area contributed by atoms with Crippen LogP contribution in [0.4, 0.5) is 8.78 Å². The zero-order chi connectivity index (χ0) is 24.8. The molecule has 6 nitrogen and oxygen atoms in total. The Labute approximate surface area is 207 Å². The average molecular weight is 499 g/mol. The summed E-state index contributed by atoms with van der Waals surface area (Å²) in [6.45, 7) is 2.12. The number of hydrogen-bond acceptors (Lipinski definition) is 5. The number of thiophene rings is 1. The minimum Gasteiger partial charge on any atom is -0.353 e. The van der Waals surface area contributed by atoms with Crippen molar-refractivity contribution in [2.75, 3.05) is 19.6 Å². The van der Waals surface area contributed by atoms with Gasteiger partial charge in [-0.15, -0.1) is 11.3 Å². The minimum absolute atomic E-state index is 0.111. The molecule has 1 aliphatic rings. The van der Waals surface area contributed by atoms with Crippen LogP contribution in [0.25, 0.3) is 0 Å². The van der Waals surface area contributed by atoms with E-state index in [1.807, 2.05) is 17.5 Å². The number of likely N-dealkylation sites (tertiary alicyclic amines) is 1. The Morgan fingerprint density at radius 1 is 1.03 bits per heavy atom. The Morgan fingerprint density at radius 3 is 2.34 bits per heavy atom. The second-order valence-electron chi connectivity index (χ2n) is 8.56. The van der Waals surface area contributed by atoms with Crippen molar-refractivity contribution in [1.29, 1.82) is 0 Å². The van der Waals surface area contributed by atoms with Gasteiger partial charge in [-0.05, 0) is 59.8 Å². The SMILES string of the molecule is NCCNC(=O)C1CC(N(Cc2ccc(F)cc2)Cc2cccs2)CN1C(=O)c1ccc(F)cc1. The maximum atomic E-state index is 13.5. The molecule has 2 aromatic carbocycles. The van der Waals surface area contributed by atoms with E-state index in [1.165, 1.54) is 36.4 Å². The normalized spacial score (nSPS) is 17.7. The number of nitrogens with zero attached hydrogens (tertiary/aromatic N) is 2. The van der Waals surface area contributed by atoms with Crippen LogP contribution in [0, 0.1) is 11.6 Å². The van der Waals surface area contributed by atoms with Crippen molar-refractivity contribution < 1.29 is 18.4 Å². The third kappa shape index (κ3) is 6.30. The van der Waals surface area contributed by atoms with Crippen LogP contribution >= 0.6 is 11.3 Å². The molecule has 2 heterocycles. The average Bonchev–Trinajstić information content (AvgIpc) is 3.54. The largest absolute Gasteiger partial charge is 0.353 e. The van der Waals surface area contributed by atoms with E-state index in [9.17, 15) is 18.4 Å². The minimum atomic E-state index is -0.678. The van der Waals surface area contributed by atoms with E-state index in [-0.39, 0.29) is 23.7 Å². The van der Waals surface area contributed by atoms with Gasteiger partial charge < -0.3 is 16.0 Å². The number of carbonyl (C=O) groups is 2. The van der Waals surface area contributed by atoms with E-state index in [1.54, 1.807) is 28.4 Å². The van der Waals surface area contributed by atoms with Crippen molar-refractivity contribution in [2.45, 2.75) is 31.6 Å². The Balaban J connectivity index is 1.60. The van der Waals surface area contributed by atoms with Crippen LogP contribution < -0.4 is 11.1 Å². The molecule has 1 aliphatic heterocycles. The second-order valence-corrected chi connectivity index (χ2v) is 9.59. The molecule has 1 saturated heterocycles. The highest BCUT2D eigenvalue weighted by Crippen LogP contribution is 2.28. The Morgan fingerprint density at radius 2 is 1.71 bits per heavy atom. The predicted molar refractivity (Wildman–Crippen MR) is 132 cm³/mol. The molecule has 0 aliphatic carbocycles. The molecular weight excluding hydrogens is 470 g/mol. The first kappa shape index (κ1) is 25.0. The summed E-state index contributed by atoms with van der Waals surface area (Å²) in [5, 5.41) is 4.81. The molecule has 4 rings (SSSR count). The van der Waals surface area contributed by atoms with Crippen molar-refractivity contribution in [1.82, 2.24) is 15.1 Å². The summed E-state index contributed by atoms with van der Waals surface area (Å²) in [5.41, 5.74) is 6.82. The van der Waals surface area contributed by atoms with Crippen molar-refractivity contribution in [3.05, 3.63) is 93.7 Å². The fourth-order valence-corrected chi connectivity index (χ4v) is 5.09. The monoisotopic (exact) mass is 498 g/mol. The molecule has 1 fully saturated rings. The highest BCUT2D eigenvalue weighted by Gasteiger charge is 2.42. The first-order valence-electron chi connectivity index (χ1n) is 11.5. The van der Waals surface area contributed by atoms with Crippen LogP contribution in [0.3, 0.4) is 0 Å². The van der Waals surface area contributed by atoms with Gasteiger partial charge in [0, 0.05) is 49.2 Å². The van der Waals surface area contributed by atoms with Gasteiger partial charge in [0.2, 0.25) is 5.91 Å². The van der Waals surface area contributed by atoms with E-state index in [4.69, 9.17) is 5.73 Å². The maximum absolute atomic E-state index is 13.5. The summed E-state index contributed by atoms with van der Waals surface area (Å²) in [6.07, 6.45) is 0.440. The molecule has 2 amide bonds. The van der Waals surface area contributed by atoms with Gasteiger partial charge in [-0.25, -0.2) is 8.78 Å². The summed E-state index contributed by atoms with van der Waals surface area (Å²) in [5.74, 6) is -1.31. The van der Waals surface area contributed by atoms with Crippen molar-refractivity contribution in [3.63, 3.8) is 0 Å². The number of nitrogens with one attached hydrogen (secondary N) is 1. The van der Waals surface area contributed by atoms with Gasteiger partial charge in [0.15, 0.2) is 0 Å². The number of hydrogen-bond donors (Lipinski definition) is 2. The molecule has 0 spiro atoms. The summed E-state index contributed by atoms with van der Waals surface area (Å²) in [7, 11) is 0. The summed E-state index contributed by atoms with van der Waals surface area (Å²) in [6, 6.07) is 14.9. The maximum Gasteiger partial charge on any atom is 0.254 e. The van der Waals surface area contributed by atoms with Crippen molar-refractivity contribution in [3.8, 4) is 0 Å². The molecule has 0 radical (unpaired) electrons. The molecule has 0 bridgehead atoms. The van der Waals surface area contributed by atoms with Gasteiger partial charge in [0.05, 0.1) is 0 Å². The molecule has 2 unspecified atom stereocenters. The molecular formula is C26H28F2N4O2S. The van der Waals surface area contributed by atoms with Gasteiger partial charge in [0.1, 0.15) is 17.7 Å². The highest BCUT2D eigenvalue weighted by atomic mass is 32.1. The van der Waals surface area contributed by atoms with Crippen LogP contribution in [0.5, 0.6) is 0 Å². The van der Waals surface area contributed by atoms with Gasteiger partial charge in [0.25, 0.3) is 5.91 Å². The number of benzene rings is 2. The zero-order valence-electron chi connectivity index (χ0n) is 19.2. The third-order valence-corrected chi connectivity index (χ3v) is 6.99. The van der Waals surface area contributed by atoms with Crippen LogP contribution in [0.2, 0.25) is 0 Å². The quantitative estimate of drug-likeness (QED) is 0.474. The van der Waals surface area contributed by atoms with Crippen molar-refractivity contribution in [2.24, 2.45) is 5.73 Å². The Kier molecular flexibility index (Phi) is 8.22. The molecule has 3 N–H and O–H groups in total.